The molecule has 0 aliphatic rings. The molecular formula is C14H12ClN3O3. The summed E-state index contributed by atoms with van der Waals surface area (Å²) in [6.07, 6.45) is 0. The second-order valence-electron chi connectivity index (χ2n) is 4.47. The summed E-state index contributed by atoms with van der Waals surface area (Å²) in [6, 6.07) is 8.90. The lowest BCUT2D eigenvalue weighted by Gasteiger charge is -2.08. The molecule has 2 rings (SSSR count). The van der Waals surface area contributed by atoms with Crippen molar-refractivity contribution < 1.29 is 9.72 Å². The maximum atomic E-state index is 12.1. The number of nitrogen functional groups attached to an aromatic ring is 1. The van der Waals surface area contributed by atoms with Gasteiger partial charge in [-0.2, -0.15) is 0 Å². The summed E-state index contributed by atoms with van der Waals surface area (Å²) in [5.74, 6) is -0.495. The molecule has 0 aliphatic heterocycles. The average molecular weight is 306 g/mol. The zero-order valence-corrected chi connectivity index (χ0v) is 11.8. The molecule has 2 aromatic rings. The normalized spacial score (nSPS) is 10.2. The van der Waals surface area contributed by atoms with Crippen molar-refractivity contribution in [3.63, 3.8) is 0 Å². The van der Waals surface area contributed by atoms with E-state index in [1.54, 1.807) is 13.0 Å². The summed E-state index contributed by atoms with van der Waals surface area (Å²) >= 11 is 5.85. The largest absolute Gasteiger partial charge is 0.398 e. The maximum absolute atomic E-state index is 12.1. The number of hydrogen-bond donors (Lipinski definition) is 2. The first kappa shape index (κ1) is 14.8. The van der Waals surface area contributed by atoms with Crippen LogP contribution >= 0.6 is 11.6 Å². The van der Waals surface area contributed by atoms with Crippen molar-refractivity contribution in [3.8, 4) is 0 Å². The second-order valence-corrected chi connectivity index (χ2v) is 4.88. The molecule has 0 aliphatic carbocycles. The van der Waals surface area contributed by atoms with Gasteiger partial charge in [-0.05, 0) is 36.8 Å². The van der Waals surface area contributed by atoms with Gasteiger partial charge < -0.3 is 11.1 Å². The van der Waals surface area contributed by atoms with Gasteiger partial charge in [-0.3, -0.25) is 14.9 Å². The molecule has 0 saturated carbocycles. The van der Waals surface area contributed by atoms with Crippen molar-refractivity contribution in [3.05, 3.63) is 62.7 Å². The number of amides is 1. The molecule has 0 saturated heterocycles. The Morgan fingerprint density at radius 3 is 2.62 bits per heavy atom. The zero-order valence-electron chi connectivity index (χ0n) is 11.1. The van der Waals surface area contributed by atoms with Gasteiger partial charge in [-0.15, -0.1) is 0 Å². The lowest BCUT2D eigenvalue weighted by molar-refractivity contribution is -0.383. The van der Waals surface area contributed by atoms with Crippen LogP contribution in [0.2, 0.25) is 5.02 Å². The van der Waals surface area contributed by atoms with Crippen molar-refractivity contribution in [1.29, 1.82) is 0 Å². The van der Waals surface area contributed by atoms with Crippen LogP contribution in [0.1, 0.15) is 15.9 Å². The first-order valence-corrected chi connectivity index (χ1v) is 6.37. The van der Waals surface area contributed by atoms with E-state index in [0.717, 1.165) is 5.56 Å². The highest BCUT2D eigenvalue weighted by atomic mass is 35.5. The van der Waals surface area contributed by atoms with Crippen molar-refractivity contribution >= 4 is 34.6 Å². The molecule has 2 aromatic carbocycles. The highest BCUT2D eigenvalue weighted by Gasteiger charge is 2.17. The van der Waals surface area contributed by atoms with Crippen molar-refractivity contribution in [1.82, 2.24) is 0 Å². The van der Waals surface area contributed by atoms with E-state index >= 15 is 0 Å². The van der Waals surface area contributed by atoms with E-state index in [4.69, 9.17) is 17.3 Å². The minimum atomic E-state index is -0.551. The van der Waals surface area contributed by atoms with Gasteiger partial charge in [0.05, 0.1) is 15.6 Å². The Hall–Kier alpha value is -2.60. The number of carbonyl (C=O) groups excluding carboxylic acids is 1. The molecule has 0 fully saturated rings. The number of benzene rings is 2. The number of nitro benzene ring substituents is 1. The van der Waals surface area contributed by atoms with Crippen LogP contribution in [0.15, 0.2) is 36.4 Å². The smallest absolute Gasteiger partial charge is 0.292 e. The van der Waals surface area contributed by atoms with Gasteiger partial charge in [0.25, 0.3) is 11.6 Å². The average Bonchev–Trinajstić information content (AvgIpc) is 2.41. The summed E-state index contributed by atoms with van der Waals surface area (Å²) in [5.41, 5.74) is 6.96. The molecule has 21 heavy (non-hydrogen) atoms. The predicted molar refractivity (Wildman–Crippen MR) is 81.7 cm³/mol. The summed E-state index contributed by atoms with van der Waals surface area (Å²) in [7, 11) is 0. The van der Waals surface area contributed by atoms with Crippen LogP contribution in [0.4, 0.5) is 17.1 Å². The fraction of sp³-hybridized carbons (Fsp3) is 0.0714. The number of anilines is 2. The highest BCUT2D eigenvalue weighted by Crippen LogP contribution is 2.26. The van der Waals surface area contributed by atoms with Gasteiger partial charge in [-0.1, -0.05) is 17.7 Å². The third-order valence-electron chi connectivity index (χ3n) is 2.86. The molecular weight excluding hydrogens is 294 g/mol. The first-order chi connectivity index (χ1) is 9.88. The third kappa shape index (κ3) is 3.29. The first-order valence-electron chi connectivity index (χ1n) is 6.00. The SMILES string of the molecule is Cc1ccc([N+](=O)[O-])c(NC(=O)c2ccc(N)c(Cl)c2)c1. The van der Waals surface area contributed by atoms with E-state index in [0.29, 0.717) is 5.69 Å². The zero-order chi connectivity index (χ0) is 15.6. The lowest BCUT2D eigenvalue weighted by Crippen LogP contribution is -2.13. The Labute approximate surface area is 125 Å². The number of nitrogens with zero attached hydrogens (tertiary/aromatic N) is 1. The number of halogens is 1. The topological polar surface area (TPSA) is 98.3 Å². The van der Waals surface area contributed by atoms with Gasteiger partial charge in [-0.25, -0.2) is 0 Å². The summed E-state index contributed by atoms with van der Waals surface area (Å²) < 4.78 is 0. The standard InChI is InChI=1S/C14H12ClN3O3/c1-8-2-5-13(18(20)21)12(6-8)17-14(19)9-3-4-11(16)10(15)7-9/h2-7H,16H2,1H3,(H,17,19). The second kappa shape index (κ2) is 5.80. The van der Waals surface area contributed by atoms with Crippen LogP contribution in [0.5, 0.6) is 0 Å². The van der Waals surface area contributed by atoms with E-state index in [1.807, 2.05) is 0 Å². The number of hydrogen-bond acceptors (Lipinski definition) is 4. The summed E-state index contributed by atoms with van der Waals surface area (Å²) in [6.45, 7) is 1.78. The Morgan fingerprint density at radius 1 is 1.29 bits per heavy atom. The molecule has 0 unspecified atom stereocenters. The number of rotatable bonds is 3. The number of nitro groups is 1. The highest BCUT2D eigenvalue weighted by molar-refractivity contribution is 6.33. The van der Waals surface area contributed by atoms with Crippen molar-refractivity contribution in [2.45, 2.75) is 6.92 Å². The molecule has 108 valence electrons. The maximum Gasteiger partial charge on any atom is 0.292 e. The summed E-state index contributed by atoms with van der Waals surface area (Å²) in [5, 5.41) is 13.7. The minimum Gasteiger partial charge on any atom is -0.398 e. The Morgan fingerprint density at radius 2 is 2.00 bits per heavy atom. The molecule has 0 aromatic heterocycles. The fourth-order valence-electron chi connectivity index (χ4n) is 1.77. The van der Waals surface area contributed by atoms with Gasteiger partial charge in [0.2, 0.25) is 0 Å². The molecule has 0 bridgehead atoms. The van der Waals surface area contributed by atoms with Crippen LogP contribution < -0.4 is 11.1 Å². The van der Waals surface area contributed by atoms with Crippen LogP contribution in [0.3, 0.4) is 0 Å². The molecule has 0 atom stereocenters. The fourth-order valence-corrected chi connectivity index (χ4v) is 1.95. The van der Waals surface area contributed by atoms with Crippen LogP contribution in [0, 0.1) is 17.0 Å². The lowest BCUT2D eigenvalue weighted by atomic mass is 10.1. The third-order valence-corrected chi connectivity index (χ3v) is 3.19. The van der Waals surface area contributed by atoms with Crippen LogP contribution in [-0.4, -0.2) is 10.8 Å². The monoisotopic (exact) mass is 305 g/mol. The van der Waals surface area contributed by atoms with E-state index in [2.05, 4.69) is 5.32 Å². The number of aryl methyl sites for hydroxylation is 1. The van der Waals surface area contributed by atoms with E-state index in [1.165, 1.54) is 30.3 Å². The van der Waals surface area contributed by atoms with E-state index in [-0.39, 0.29) is 22.0 Å². The van der Waals surface area contributed by atoms with Crippen LogP contribution in [0.25, 0.3) is 0 Å². The minimum absolute atomic E-state index is 0.137. The van der Waals surface area contributed by atoms with Crippen molar-refractivity contribution in [2.24, 2.45) is 0 Å². The number of carbonyl (C=O) groups is 1. The molecule has 0 spiro atoms. The molecule has 3 N–H and O–H groups in total. The molecule has 0 heterocycles. The van der Waals surface area contributed by atoms with Crippen molar-refractivity contribution in [2.75, 3.05) is 11.1 Å². The quantitative estimate of drug-likeness (QED) is 0.516. The predicted octanol–water partition coefficient (Wildman–Crippen LogP) is 3.39. The van der Waals surface area contributed by atoms with Gasteiger partial charge in [0.15, 0.2) is 0 Å². The van der Waals surface area contributed by atoms with Gasteiger partial charge in [0, 0.05) is 11.6 Å². The number of nitrogens with two attached hydrogens (primary N) is 1. The van der Waals surface area contributed by atoms with E-state index < -0.39 is 10.8 Å². The number of nitrogens with one attached hydrogen (secondary N) is 1. The van der Waals surface area contributed by atoms with Gasteiger partial charge in [0.1, 0.15) is 5.69 Å². The van der Waals surface area contributed by atoms with Gasteiger partial charge >= 0.3 is 0 Å². The molecule has 7 heteroatoms. The van der Waals surface area contributed by atoms with Crippen LogP contribution in [-0.2, 0) is 0 Å². The molecule has 0 radical (unpaired) electrons. The molecule has 1 amide bonds. The Kier molecular flexibility index (Phi) is 4.09. The Bertz CT molecular complexity index is 731. The molecule has 6 nitrogen and oxygen atoms in total. The van der Waals surface area contributed by atoms with E-state index in [9.17, 15) is 14.9 Å². The summed E-state index contributed by atoms with van der Waals surface area (Å²) in [4.78, 5) is 22.5. The Balaban J connectivity index is 2.33.